The molecule has 0 amide bonds. The van der Waals surface area contributed by atoms with Crippen LogP contribution in [0.3, 0.4) is 0 Å². The van der Waals surface area contributed by atoms with E-state index >= 15 is 0 Å². The Morgan fingerprint density at radius 1 is 0.467 bits per heavy atom. The fourth-order valence-electron chi connectivity index (χ4n) is 6.07. The highest BCUT2D eigenvalue weighted by molar-refractivity contribution is 6.09. The summed E-state index contributed by atoms with van der Waals surface area (Å²) in [6.07, 6.45) is 3.70. The van der Waals surface area contributed by atoms with Crippen molar-refractivity contribution in [2.45, 2.75) is 13.8 Å². The molecule has 8 aromatic rings. The molecule has 0 N–H and O–H groups in total. The average Bonchev–Trinajstić information content (AvgIpc) is 3.41. The molecule has 5 heteroatoms. The summed E-state index contributed by atoms with van der Waals surface area (Å²) in [5, 5.41) is 2.47. The van der Waals surface area contributed by atoms with Gasteiger partial charge in [-0.2, -0.15) is 0 Å². The molecule has 0 aliphatic carbocycles. The van der Waals surface area contributed by atoms with Crippen LogP contribution in [0.5, 0.6) is 0 Å². The van der Waals surface area contributed by atoms with E-state index in [0.717, 1.165) is 33.5 Å². The molecule has 0 radical (unpaired) electrons. The first-order valence-corrected chi connectivity index (χ1v) is 15.1. The van der Waals surface area contributed by atoms with E-state index in [4.69, 9.17) is 15.0 Å². The largest absolute Gasteiger partial charge is 0.309 e. The summed E-state index contributed by atoms with van der Waals surface area (Å²) in [6.45, 7) is 4.29. The van der Waals surface area contributed by atoms with Crippen molar-refractivity contribution >= 4 is 21.8 Å². The minimum Gasteiger partial charge on any atom is -0.309 e. The Hall–Kier alpha value is -5.94. The molecule has 0 spiro atoms. The molecule has 8 rings (SSSR count). The maximum absolute atomic E-state index is 5.05. The van der Waals surface area contributed by atoms with Gasteiger partial charge in [-0.15, -0.1) is 0 Å². The summed E-state index contributed by atoms with van der Waals surface area (Å²) in [6, 6.07) is 44.1. The molecule has 0 unspecified atom stereocenters. The molecule has 3 heterocycles. The molecule has 3 aromatic heterocycles. The number of aryl methyl sites for hydroxylation is 2. The number of pyridine rings is 1. The Morgan fingerprint density at radius 3 is 1.58 bits per heavy atom. The molecule has 0 saturated heterocycles. The summed E-state index contributed by atoms with van der Waals surface area (Å²) >= 11 is 0. The zero-order valence-electron chi connectivity index (χ0n) is 25.0. The molecule has 214 valence electrons. The van der Waals surface area contributed by atoms with Crippen molar-refractivity contribution in [3.8, 4) is 51.0 Å². The summed E-state index contributed by atoms with van der Waals surface area (Å²) in [5.41, 5.74) is 10.6. The van der Waals surface area contributed by atoms with Crippen LogP contribution >= 0.6 is 0 Å². The van der Waals surface area contributed by atoms with Gasteiger partial charge in [-0.3, -0.25) is 4.98 Å². The number of nitrogens with zero attached hydrogens (tertiary/aromatic N) is 5. The van der Waals surface area contributed by atoms with Gasteiger partial charge < -0.3 is 4.57 Å². The van der Waals surface area contributed by atoms with Crippen molar-refractivity contribution in [3.63, 3.8) is 0 Å². The summed E-state index contributed by atoms with van der Waals surface area (Å²) in [4.78, 5) is 19.5. The van der Waals surface area contributed by atoms with Crippen molar-refractivity contribution in [2.75, 3.05) is 0 Å². The summed E-state index contributed by atoms with van der Waals surface area (Å²) in [7, 11) is 0. The van der Waals surface area contributed by atoms with Gasteiger partial charge in [0.25, 0.3) is 0 Å². The number of aromatic nitrogens is 5. The first-order valence-electron chi connectivity index (χ1n) is 15.1. The van der Waals surface area contributed by atoms with Crippen molar-refractivity contribution in [1.29, 1.82) is 0 Å². The lowest BCUT2D eigenvalue weighted by molar-refractivity contribution is 1.07. The number of hydrogen-bond donors (Lipinski definition) is 0. The predicted octanol–water partition coefficient (Wildman–Crippen LogP) is 9.65. The Morgan fingerprint density at radius 2 is 1.02 bits per heavy atom. The van der Waals surface area contributed by atoms with Gasteiger partial charge in [0.15, 0.2) is 17.5 Å². The van der Waals surface area contributed by atoms with Crippen molar-refractivity contribution < 1.29 is 0 Å². The van der Waals surface area contributed by atoms with E-state index in [1.165, 1.54) is 32.9 Å². The number of benzene rings is 5. The van der Waals surface area contributed by atoms with E-state index in [1.807, 2.05) is 72.9 Å². The van der Waals surface area contributed by atoms with Gasteiger partial charge in [0, 0.05) is 51.1 Å². The second-order valence-electron chi connectivity index (χ2n) is 11.4. The Labute approximate surface area is 261 Å². The number of fused-ring (bicyclic) bond motifs is 3. The third kappa shape index (κ3) is 4.85. The lowest BCUT2D eigenvalue weighted by atomic mass is 9.99. The van der Waals surface area contributed by atoms with Gasteiger partial charge in [-0.25, -0.2) is 15.0 Å². The normalized spacial score (nSPS) is 11.3. The van der Waals surface area contributed by atoms with Gasteiger partial charge in [-0.1, -0.05) is 91.0 Å². The van der Waals surface area contributed by atoms with E-state index in [-0.39, 0.29) is 0 Å². The van der Waals surface area contributed by atoms with Crippen LogP contribution < -0.4 is 0 Å². The summed E-state index contributed by atoms with van der Waals surface area (Å²) in [5.74, 6) is 1.88. The summed E-state index contributed by atoms with van der Waals surface area (Å²) < 4.78 is 2.37. The molecular weight excluding hydrogens is 550 g/mol. The van der Waals surface area contributed by atoms with Crippen LogP contribution in [0.1, 0.15) is 11.1 Å². The fraction of sp³-hybridized carbons (Fsp3) is 0.0500. The Bertz CT molecular complexity index is 2210. The molecule has 45 heavy (non-hydrogen) atoms. The van der Waals surface area contributed by atoms with Crippen molar-refractivity contribution in [2.24, 2.45) is 0 Å². The predicted molar refractivity (Wildman–Crippen MR) is 183 cm³/mol. The lowest BCUT2D eigenvalue weighted by Gasteiger charge is -2.15. The monoisotopic (exact) mass is 579 g/mol. The minimum atomic E-state index is 0.613. The van der Waals surface area contributed by atoms with Gasteiger partial charge >= 0.3 is 0 Å². The quantitative estimate of drug-likeness (QED) is 0.204. The third-order valence-electron chi connectivity index (χ3n) is 8.25. The van der Waals surface area contributed by atoms with Crippen LogP contribution in [0.2, 0.25) is 0 Å². The van der Waals surface area contributed by atoms with E-state index < -0.39 is 0 Å². The highest BCUT2D eigenvalue weighted by atomic mass is 15.0. The maximum Gasteiger partial charge on any atom is 0.164 e. The van der Waals surface area contributed by atoms with E-state index in [2.05, 4.69) is 84.1 Å². The molecule has 0 aliphatic rings. The van der Waals surface area contributed by atoms with Gasteiger partial charge in [0.1, 0.15) is 0 Å². The highest BCUT2D eigenvalue weighted by Crippen LogP contribution is 2.38. The second kappa shape index (κ2) is 11.0. The van der Waals surface area contributed by atoms with E-state index in [0.29, 0.717) is 17.5 Å². The lowest BCUT2D eigenvalue weighted by Crippen LogP contribution is -2.02. The Balaban J connectivity index is 1.40. The van der Waals surface area contributed by atoms with Gasteiger partial charge in [-0.05, 0) is 66.9 Å². The van der Waals surface area contributed by atoms with Crippen molar-refractivity contribution in [1.82, 2.24) is 24.5 Å². The van der Waals surface area contributed by atoms with Crippen LogP contribution in [0, 0.1) is 13.8 Å². The van der Waals surface area contributed by atoms with E-state index in [9.17, 15) is 0 Å². The highest BCUT2D eigenvalue weighted by Gasteiger charge is 2.19. The van der Waals surface area contributed by atoms with Crippen LogP contribution in [-0.4, -0.2) is 24.5 Å². The second-order valence-corrected chi connectivity index (χ2v) is 11.4. The maximum atomic E-state index is 5.05. The average molecular weight is 580 g/mol. The standard InChI is InChI=1S/C40H29N5/c1-26-15-18-32-33-19-16-27(2)23-37(33)45(36(32)22-26)31-17-20-34(35(24-31)30-14-9-21-41-25-30)40-43-38(28-10-5-3-6-11-28)42-39(44-40)29-12-7-4-8-13-29/h3-25H,1-2H3. The van der Waals surface area contributed by atoms with Crippen LogP contribution in [-0.2, 0) is 0 Å². The van der Waals surface area contributed by atoms with Crippen LogP contribution in [0.15, 0.2) is 140 Å². The molecule has 5 aromatic carbocycles. The van der Waals surface area contributed by atoms with Crippen LogP contribution in [0.25, 0.3) is 72.8 Å². The van der Waals surface area contributed by atoms with E-state index in [1.54, 1.807) is 6.20 Å². The minimum absolute atomic E-state index is 0.613. The SMILES string of the molecule is Cc1ccc2c3ccc(C)cc3n(-c3ccc(-c4nc(-c5ccccc5)nc(-c5ccccc5)n4)c(-c4cccnc4)c3)c2c1. The molecule has 5 nitrogen and oxygen atoms in total. The number of hydrogen-bond acceptors (Lipinski definition) is 4. The molecule has 0 fully saturated rings. The molecule has 0 aliphatic heterocycles. The molecule has 0 saturated carbocycles. The smallest absolute Gasteiger partial charge is 0.164 e. The van der Waals surface area contributed by atoms with Gasteiger partial charge in [0.2, 0.25) is 0 Å². The van der Waals surface area contributed by atoms with Crippen molar-refractivity contribution in [3.05, 3.63) is 151 Å². The Kier molecular flexibility index (Phi) is 6.50. The first kappa shape index (κ1) is 26.7. The zero-order valence-corrected chi connectivity index (χ0v) is 25.0. The third-order valence-corrected chi connectivity index (χ3v) is 8.25. The molecule has 0 atom stereocenters. The molecular formula is C40H29N5. The van der Waals surface area contributed by atoms with Gasteiger partial charge in [0.05, 0.1) is 11.0 Å². The first-order chi connectivity index (χ1) is 22.1. The topological polar surface area (TPSA) is 56.5 Å². The fourth-order valence-corrected chi connectivity index (χ4v) is 6.07. The molecule has 0 bridgehead atoms. The van der Waals surface area contributed by atoms with Crippen LogP contribution in [0.4, 0.5) is 0 Å². The zero-order chi connectivity index (χ0) is 30.3. The number of rotatable bonds is 5.